The molecule has 0 saturated heterocycles. The third-order valence-electron chi connectivity index (χ3n) is 19.9. The zero-order valence-electron chi connectivity index (χ0n) is 68.6. The van der Waals surface area contributed by atoms with Gasteiger partial charge in [0.15, 0.2) is 0 Å². The van der Waals surface area contributed by atoms with Crippen LogP contribution < -0.4 is 25.5 Å². The maximum atomic E-state index is 10.2. The van der Waals surface area contributed by atoms with E-state index in [1.54, 1.807) is 0 Å². The summed E-state index contributed by atoms with van der Waals surface area (Å²) in [4.78, 5) is 51.1. The van der Waals surface area contributed by atoms with E-state index in [0.29, 0.717) is 0 Å². The SMILES string of the molecule is CCCCCCCCCCCCCCCCCC(=O)[O-].CCCCCCCCCCCCCCCCCC(=O)[O-].CCCCCCCCCCCCCCCCCC(=O)[O-].CCCCCCCCCCCCCCCCCC(=O)[O-].CCCCCCCCCCCCCCCCCC(=O)[O-].[Nb+5]. The van der Waals surface area contributed by atoms with Crippen molar-refractivity contribution in [3.8, 4) is 0 Å². The van der Waals surface area contributed by atoms with Crippen molar-refractivity contribution in [2.24, 2.45) is 0 Å². The molecular formula is C90H175NbO10. The van der Waals surface area contributed by atoms with Crippen molar-refractivity contribution in [3.05, 3.63) is 0 Å². The van der Waals surface area contributed by atoms with E-state index >= 15 is 0 Å². The summed E-state index contributed by atoms with van der Waals surface area (Å²) in [5.41, 5.74) is 0. The second kappa shape index (κ2) is 107. The van der Waals surface area contributed by atoms with Gasteiger partial charge in [-0.05, 0) is 64.2 Å². The zero-order valence-corrected chi connectivity index (χ0v) is 70.8. The number of hydrogen-bond acceptors (Lipinski definition) is 10. The standard InChI is InChI=1S/5C18H36O2.Nb/c5*1-2-3-4-5-6-7-8-9-10-11-12-13-14-15-16-17-18(19)20;/h5*2-17H2,1H3,(H,19,20);/q;;;;;+5/p-5. The van der Waals surface area contributed by atoms with E-state index in [-0.39, 0.29) is 54.5 Å². The molecule has 0 radical (unpaired) electrons. The average molecular weight is 1510 g/mol. The van der Waals surface area contributed by atoms with Gasteiger partial charge in [-0.15, -0.1) is 0 Å². The first-order valence-electron chi connectivity index (χ1n) is 44.8. The quantitative estimate of drug-likeness (QED) is 0.0417. The Balaban J connectivity index is -0.000000279. The van der Waals surface area contributed by atoms with Gasteiger partial charge in [-0.25, -0.2) is 0 Å². The van der Waals surface area contributed by atoms with Crippen molar-refractivity contribution < 1.29 is 71.9 Å². The van der Waals surface area contributed by atoms with Crippen LogP contribution in [0.1, 0.15) is 548 Å². The summed E-state index contributed by atoms with van der Waals surface area (Å²) in [7, 11) is 0. The van der Waals surface area contributed by atoms with Gasteiger partial charge in [-0.1, -0.05) is 484 Å². The van der Waals surface area contributed by atoms with E-state index in [4.69, 9.17) is 0 Å². The summed E-state index contributed by atoms with van der Waals surface area (Å²) in [6, 6.07) is 0. The number of unbranched alkanes of at least 4 members (excludes halogenated alkanes) is 70. The Bertz CT molecular complexity index is 1270. The molecule has 0 aromatic carbocycles. The molecule has 0 spiro atoms. The van der Waals surface area contributed by atoms with E-state index in [1.165, 1.54) is 417 Å². The van der Waals surface area contributed by atoms with Crippen LogP contribution in [0.3, 0.4) is 0 Å². The van der Waals surface area contributed by atoms with Crippen molar-refractivity contribution in [2.75, 3.05) is 0 Å². The monoisotopic (exact) mass is 1510 g/mol. The molecule has 10 nitrogen and oxygen atoms in total. The molecule has 600 valence electrons. The first-order valence-corrected chi connectivity index (χ1v) is 44.8. The van der Waals surface area contributed by atoms with Crippen LogP contribution in [0.2, 0.25) is 0 Å². The Morgan fingerprint density at radius 3 is 0.248 bits per heavy atom. The van der Waals surface area contributed by atoms with Crippen LogP contribution in [-0.2, 0) is 46.4 Å². The normalized spacial score (nSPS) is 10.7. The van der Waals surface area contributed by atoms with Crippen molar-refractivity contribution in [3.63, 3.8) is 0 Å². The molecular weight excluding hydrogens is 1330 g/mol. The topological polar surface area (TPSA) is 201 Å². The predicted octanol–water partition coefficient (Wildman–Crippen LogP) is 25.0. The molecule has 0 fully saturated rings. The number of carbonyl (C=O) groups is 5. The minimum Gasteiger partial charge on any atom is -0.550 e. The van der Waals surface area contributed by atoms with Gasteiger partial charge in [-0.2, -0.15) is 0 Å². The van der Waals surface area contributed by atoms with Gasteiger partial charge in [0.2, 0.25) is 0 Å². The van der Waals surface area contributed by atoms with Gasteiger partial charge < -0.3 is 49.5 Å². The van der Waals surface area contributed by atoms with E-state index < -0.39 is 29.8 Å². The van der Waals surface area contributed by atoms with Crippen molar-refractivity contribution in [2.45, 2.75) is 548 Å². The third-order valence-corrected chi connectivity index (χ3v) is 19.9. The van der Waals surface area contributed by atoms with E-state index in [2.05, 4.69) is 34.6 Å². The zero-order chi connectivity index (χ0) is 74.5. The Morgan fingerprint density at radius 2 is 0.188 bits per heavy atom. The van der Waals surface area contributed by atoms with Gasteiger partial charge in [0, 0.05) is 29.8 Å². The summed E-state index contributed by atoms with van der Waals surface area (Å²) in [5, 5.41) is 51.1. The number of rotatable bonds is 80. The first kappa shape index (κ1) is 110. The molecule has 0 atom stereocenters. The molecule has 0 aliphatic heterocycles. The van der Waals surface area contributed by atoms with Crippen LogP contribution in [0.15, 0.2) is 0 Å². The second-order valence-corrected chi connectivity index (χ2v) is 30.4. The van der Waals surface area contributed by atoms with Crippen LogP contribution in [-0.4, -0.2) is 29.8 Å². The summed E-state index contributed by atoms with van der Waals surface area (Å²) >= 11 is 0. The molecule has 0 rings (SSSR count). The summed E-state index contributed by atoms with van der Waals surface area (Å²) in [6.07, 6.45) is 99.3. The summed E-state index contributed by atoms with van der Waals surface area (Å²) in [5.74, 6) is -4.52. The van der Waals surface area contributed by atoms with E-state index in [0.717, 1.165) is 64.2 Å². The summed E-state index contributed by atoms with van der Waals surface area (Å²) in [6.45, 7) is 11.3. The maximum absolute atomic E-state index is 10.2. The molecule has 0 unspecified atom stereocenters. The van der Waals surface area contributed by atoms with Crippen molar-refractivity contribution in [1.29, 1.82) is 0 Å². The molecule has 0 aliphatic carbocycles. The molecule has 0 bridgehead atoms. The van der Waals surface area contributed by atoms with E-state index in [9.17, 15) is 49.5 Å². The second-order valence-electron chi connectivity index (χ2n) is 30.4. The molecule has 0 aliphatic rings. The Kier molecular flexibility index (Phi) is 116. The molecule has 0 amide bonds. The molecule has 0 N–H and O–H groups in total. The molecule has 101 heavy (non-hydrogen) atoms. The maximum Gasteiger partial charge on any atom is 5.00 e. The van der Waals surface area contributed by atoms with Gasteiger partial charge >= 0.3 is 22.4 Å². The molecule has 0 heterocycles. The fourth-order valence-corrected chi connectivity index (χ4v) is 13.2. The average Bonchev–Trinajstić information content (AvgIpc) is 3.67. The first-order chi connectivity index (χ1) is 48.9. The van der Waals surface area contributed by atoms with Crippen LogP contribution in [0.4, 0.5) is 0 Å². The number of carboxylic acids is 5. The Morgan fingerprint density at radius 1 is 0.129 bits per heavy atom. The van der Waals surface area contributed by atoms with Crippen LogP contribution in [0, 0.1) is 0 Å². The largest absolute Gasteiger partial charge is 5.00 e. The predicted molar refractivity (Wildman–Crippen MR) is 423 cm³/mol. The third kappa shape index (κ3) is 131. The summed E-state index contributed by atoms with van der Waals surface area (Å²) < 4.78 is 0. The molecule has 0 aromatic rings. The van der Waals surface area contributed by atoms with Crippen LogP contribution >= 0.6 is 0 Å². The molecule has 11 heteroatoms. The molecule has 0 aromatic heterocycles. The van der Waals surface area contributed by atoms with Gasteiger partial charge in [0.1, 0.15) is 0 Å². The minimum absolute atomic E-state index is 0. The fraction of sp³-hybridized carbons (Fsp3) is 0.944. The van der Waals surface area contributed by atoms with Crippen molar-refractivity contribution >= 4 is 29.8 Å². The van der Waals surface area contributed by atoms with Crippen LogP contribution in [0.5, 0.6) is 0 Å². The van der Waals surface area contributed by atoms with Gasteiger partial charge in [-0.3, -0.25) is 0 Å². The van der Waals surface area contributed by atoms with E-state index in [1.807, 2.05) is 0 Å². The molecule has 0 saturated carbocycles. The van der Waals surface area contributed by atoms with Gasteiger partial charge in [0.25, 0.3) is 0 Å². The number of hydrogen-bond donors (Lipinski definition) is 0. The van der Waals surface area contributed by atoms with Crippen LogP contribution in [0.25, 0.3) is 0 Å². The van der Waals surface area contributed by atoms with Crippen molar-refractivity contribution in [1.82, 2.24) is 0 Å². The smallest absolute Gasteiger partial charge is 0.550 e. The minimum atomic E-state index is -0.903. The van der Waals surface area contributed by atoms with Gasteiger partial charge in [0.05, 0.1) is 0 Å². The number of carboxylic acid groups (broad SMARTS) is 5. The Hall–Kier alpha value is -1.91. The fourth-order valence-electron chi connectivity index (χ4n) is 13.2. The number of aliphatic carboxylic acids is 5. The number of carbonyl (C=O) groups excluding carboxylic acids is 5. The Labute approximate surface area is 646 Å².